The molecule has 2 unspecified atom stereocenters. The number of carboxylic acid groups (broad SMARTS) is 1. The van der Waals surface area contributed by atoms with E-state index in [0.717, 1.165) is 11.7 Å². The van der Waals surface area contributed by atoms with Crippen molar-refractivity contribution in [2.75, 3.05) is 0 Å². The third-order valence-corrected chi connectivity index (χ3v) is 2.31. The molecule has 13 heavy (non-hydrogen) atoms. The normalized spacial score (nSPS) is 12.5. The highest BCUT2D eigenvalue weighted by Gasteiger charge is 2.12. The molecule has 0 aliphatic rings. The summed E-state index contributed by atoms with van der Waals surface area (Å²) in [7, 11) is 2.60. The van der Waals surface area contributed by atoms with Crippen LogP contribution in [0.5, 0.6) is 0 Å². The maximum absolute atomic E-state index is 10.5. The van der Waals surface area contributed by atoms with Gasteiger partial charge in [-0.15, -0.1) is 9.24 Å². The van der Waals surface area contributed by atoms with Gasteiger partial charge in [0.25, 0.3) is 0 Å². The lowest BCUT2D eigenvalue weighted by Gasteiger charge is -2.06. The minimum Gasteiger partial charge on any atom is -0.480 e. The fraction of sp³-hybridized carbons (Fsp3) is 0.222. The van der Waals surface area contributed by atoms with Crippen molar-refractivity contribution in [1.82, 2.24) is 0 Å². The average Bonchev–Trinajstić information content (AvgIpc) is 2.17. The Hall–Kier alpha value is -0.920. The Morgan fingerprint density at radius 3 is 2.38 bits per heavy atom. The highest BCUT2D eigenvalue weighted by atomic mass is 31.0. The van der Waals surface area contributed by atoms with Crippen LogP contribution in [0, 0.1) is 0 Å². The van der Waals surface area contributed by atoms with Crippen molar-refractivity contribution in [2.24, 2.45) is 5.73 Å². The standard InChI is InChI=1S/C9H12NO2P/c10-8(9(11)12)7-3-1-6(5-13)2-4-7/h1-4,8H,5,10,13H2,(H,11,12). The molecule has 0 bridgehead atoms. The largest absolute Gasteiger partial charge is 0.480 e. The van der Waals surface area contributed by atoms with Crippen LogP contribution in [0.15, 0.2) is 24.3 Å². The summed E-state index contributed by atoms with van der Waals surface area (Å²) in [5, 5.41) is 8.63. The van der Waals surface area contributed by atoms with Gasteiger partial charge in [0, 0.05) is 0 Å². The van der Waals surface area contributed by atoms with Gasteiger partial charge in [-0.3, -0.25) is 4.79 Å². The van der Waals surface area contributed by atoms with Crippen LogP contribution in [0.1, 0.15) is 17.2 Å². The van der Waals surface area contributed by atoms with Crippen molar-refractivity contribution in [1.29, 1.82) is 0 Å². The van der Waals surface area contributed by atoms with Gasteiger partial charge in [0.15, 0.2) is 0 Å². The van der Waals surface area contributed by atoms with E-state index in [9.17, 15) is 4.79 Å². The lowest BCUT2D eigenvalue weighted by molar-refractivity contribution is -0.138. The van der Waals surface area contributed by atoms with Crippen molar-refractivity contribution in [3.8, 4) is 0 Å². The summed E-state index contributed by atoms with van der Waals surface area (Å²) >= 11 is 0. The van der Waals surface area contributed by atoms with Crippen molar-refractivity contribution in [2.45, 2.75) is 12.2 Å². The molecule has 0 radical (unpaired) electrons. The molecule has 0 amide bonds. The molecule has 0 fully saturated rings. The molecule has 0 saturated heterocycles. The van der Waals surface area contributed by atoms with Gasteiger partial charge in [0.1, 0.15) is 6.04 Å². The van der Waals surface area contributed by atoms with E-state index in [2.05, 4.69) is 9.24 Å². The van der Waals surface area contributed by atoms with E-state index in [4.69, 9.17) is 10.8 Å². The Bertz CT molecular complexity index is 297. The molecule has 1 aromatic rings. The summed E-state index contributed by atoms with van der Waals surface area (Å²) in [6.45, 7) is 0. The molecule has 3 N–H and O–H groups in total. The fourth-order valence-electron chi connectivity index (χ4n) is 1.00. The molecule has 0 spiro atoms. The molecular formula is C9H12NO2P. The molecule has 0 aliphatic heterocycles. The number of hydrogen-bond donors (Lipinski definition) is 2. The van der Waals surface area contributed by atoms with Crippen molar-refractivity contribution in [3.05, 3.63) is 35.4 Å². The Morgan fingerprint density at radius 1 is 1.46 bits per heavy atom. The molecule has 2 atom stereocenters. The highest BCUT2D eigenvalue weighted by Crippen LogP contribution is 2.13. The lowest BCUT2D eigenvalue weighted by atomic mass is 10.1. The molecule has 0 heterocycles. The van der Waals surface area contributed by atoms with E-state index >= 15 is 0 Å². The highest BCUT2D eigenvalue weighted by molar-refractivity contribution is 7.15. The van der Waals surface area contributed by atoms with Gasteiger partial charge in [-0.2, -0.15) is 0 Å². The Labute approximate surface area is 79.2 Å². The first kappa shape index (κ1) is 10.2. The molecule has 0 saturated carbocycles. The second-order valence-electron chi connectivity index (χ2n) is 2.76. The van der Waals surface area contributed by atoms with Crippen LogP contribution in [0.3, 0.4) is 0 Å². The summed E-state index contributed by atoms with van der Waals surface area (Å²) in [6, 6.07) is 6.34. The Morgan fingerprint density at radius 2 is 2.00 bits per heavy atom. The first-order chi connectivity index (χ1) is 6.15. The SMILES string of the molecule is NC(C(=O)O)c1ccc(CP)cc1. The first-order valence-electron chi connectivity index (χ1n) is 3.92. The predicted molar refractivity (Wildman–Crippen MR) is 54.4 cm³/mol. The quantitative estimate of drug-likeness (QED) is 0.714. The second-order valence-corrected chi connectivity index (χ2v) is 3.17. The number of carboxylic acids is 1. The molecule has 3 nitrogen and oxygen atoms in total. The van der Waals surface area contributed by atoms with Gasteiger partial charge in [-0.25, -0.2) is 0 Å². The molecule has 1 aromatic carbocycles. The van der Waals surface area contributed by atoms with E-state index in [0.29, 0.717) is 5.56 Å². The Kier molecular flexibility index (Phi) is 3.40. The van der Waals surface area contributed by atoms with Crippen LogP contribution < -0.4 is 5.73 Å². The molecule has 0 aliphatic carbocycles. The average molecular weight is 197 g/mol. The van der Waals surface area contributed by atoms with Gasteiger partial charge in [0.05, 0.1) is 0 Å². The number of nitrogens with two attached hydrogens (primary N) is 1. The fourth-order valence-corrected chi connectivity index (χ4v) is 1.28. The maximum Gasteiger partial charge on any atom is 0.325 e. The maximum atomic E-state index is 10.5. The molecule has 1 rings (SSSR count). The van der Waals surface area contributed by atoms with Gasteiger partial charge in [-0.05, 0) is 17.3 Å². The molecule has 70 valence electrons. The summed E-state index contributed by atoms with van der Waals surface area (Å²) in [4.78, 5) is 10.5. The Balaban J connectivity index is 2.85. The summed E-state index contributed by atoms with van der Waals surface area (Å²) < 4.78 is 0. The van der Waals surface area contributed by atoms with Crippen LogP contribution in [0.2, 0.25) is 0 Å². The minimum atomic E-state index is -1.00. The molecule has 4 heteroatoms. The summed E-state index contributed by atoms with van der Waals surface area (Å²) in [5.74, 6) is -1.00. The zero-order valence-corrected chi connectivity index (χ0v) is 8.26. The van der Waals surface area contributed by atoms with E-state index in [1.165, 1.54) is 0 Å². The second kappa shape index (κ2) is 4.35. The van der Waals surface area contributed by atoms with E-state index in [1.54, 1.807) is 12.1 Å². The third kappa shape index (κ3) is 2.51. The van der Waals surface area contributed by atoms with Crippen LogP contribution >= 0.6 is 9.24 Å². The number of carbonyl (C=O) groups is 1. The van der Waals surface area contributed by atoms with E-state index < -0.39 is 12.0 Å². The number of rotatable bonds is 3. The molecular weight excluding hydrogens is 185 g/mol. The zero-order chi connectivity index (χ0) is 9.84. The van der Waals surface area contributed by atoms with Crippen molar-refractivity contribution >= 4 is 15.2 Å². The zero-order valence-electron chi connectivity index (χ0n) is 7.10. The van der Waals surface area contributed by atoms with Crippen LogP contribution in [0.25, 0.3) is 0 Å². The topological polar surface area (TPSA) is 63.3 Å². The van der Waals surface area contributed by atoms with Crippen molar-refractivity contribution in [3.63, 3.8) is 0 Å². The van der Waals surface area contributed by atoms with E-state index in [-0.39, 0.29) is 0 Å². The van der Waals surface area contributed by atoms with Crippen LogP contribution in [0.4, 0.5) is 0 Å². The summed E-state index contributed by atoms with van der Waals surface area (Å²) in [5.41, 5.74) is 7.20. The first-order valence-corrected chi connectivity index (χ1v) is 4.74. The monoisotopic (exact) mass is 197 g/mol. The number of aliphatic carboxylic acids is 1. The van der Waals surface area contributed by atoms with Crippen molar-refractivity contribution < 1.29 is 9.90 Å². The summed E-state index contributed by atoms with van der Waals surface area (Å²) in [6.07, 6.45) is 0.864. The van der Waals surface area contributed by atoms with Gasteiger partial charge >= 0.3 is 5.97 Å². The third-order valence-electron chi connectivity index (χ3n) is 1.84. The van der Waals surface area contributed by atoms with Crippen LogP contribution in [-0.2, 0) is 11.0 Å². The lowest BCUT2D eigenvalue weighted by Crippen LogP contribution is -2.20. The van der Waals surface area contributed by atoms with E-state index in [1.807, 2.05) is 12.1 Å². The van der Waals surface area contributed by atoms with Crippen LogP contribution in [-0.4, -0.2) is 11.1 Å². The number of benzene rings is 1. The molecule has 0 aromatic heterocycles. The minimum absolute atomic E-state index is 0.634. The van der Waals surface area contributed by atoms with Gasteiger partial charge < -0.3 is 10.8 Å². The predicted octanol–water partition coefficient (Wildman–Crippen LogP) is 1.15. The number of hydrogen-bond acceptors (Lipinski definition) is 2. The smallest absolute Gasteiger partial charge is 0.325 e. The van der Waals surface area contributed by atoms with Gasteiger partial charge in [0.2, 0.25) is 0 Å². The van der Waals surface area contributed by atoms with Gasteiger partial charge in [-0.1, -0.05) is 24.3 Å².